The average molecular weight is 440 g/mol. The number of likely N-dealkylation sites (N-methyl/N-ethyl adjacent to an activating group) is 1. The summed E-state index contributed by atoms with van der Waals surface area (Å²) >= 11 is 6.21. The lowest BCUT2D eigenvalue weighted by Crippen LogP contribution is -2.47. The standard InChI is InChI=1S/C24H26ClN3O3/c1-4-26-11-13-27(14-12-26)22-21(18-7-5-6-8-20(18)31-3)23(29)28(24(22)30)19-15-17(25)10-9-16(19)2/h5-10,15H,4,11-14H2,1-3H3. The Morgan fingerprint density at radius 1 is 1.00 bits per heavy atom. The van der Waals surface area contributed by atoms with Gasteiger partial charge < -0.3 is 14.5 Å². The van der Waals surface area contributed by atoms with E-state index in [1.807, 2.05) is 36.1 Å². The monoisotopic (exact) mass is 439 g/mol. The lowest BCUT2D eigenvalue weighted by molar-refractivity contribution is -0.120. The molecule has 0 radical (unpaired) electrons. The molecule has 7 heteroatoms. The van der Waals surface area contributed by atoms with Gasteiger partial charge in [0.05, 0.1) is 18.4 Å². The summed E-state index contributed by atoms with van der Waals surface area (Å²) < 4.78 is 5.53. The molecule has 0 bridgehead atoms. The minimum atomic E-state index is -0.354. The summed E-state index contributed by atoms with van der Waals surface area (Å²) in [7, 11) is 1.57. The number of hydrogen-bond donors (Lipinski definition) is 0. The van der Waals surface area contributed by atoms with Gasteiger partial charge in [-0.25, -0.2) is 4.90 Å². The lowest BCUT2D eigenvalue weighted by atomic mass is 10.0. The third-order valence-corrected chi connectivity index (χ3v) is 6.22. The number of ether oxygens (including phenoxy) is 1. The SMILES string of the molecule is CCN1CCN(C2=C(c3ccccc3OC)C(=O)N(c3cc(Cl)ccc3C)C2=O)CC1. The van der Waals surface area contributed by atoms with Crippen LogP contribution in [0.15, 0.2) is 48.2 Å². The number of carbonyl (C=O) groups excluding carboxylic acids is 2. The fourth-order valence-electron chi connectivity index (χ4n) is 4.24. The Balaban J connectivity index is 1.85. The molecule has 0 atom stereocenters. The van der Waals surface area contributed by atoms with Crippen LogP contribution in [0.5, 0.6) is 5.75 Å². The van der Waals surface area contributed by atoms with Crippen molar-refractivity contribution in [3.05, 3.63) is 64.3 Å². The maximum atomic E-state index is 13.7. The molecule has 2 aromatic rings. The van der Waals surface area contributed by atoms with Crippen LogP contribution in [0.25, 0.3) is 5.57 Å². The van der Waals surface area contributed by atoms with Crippen molar-refractivity contribution in [2.45, 2.75) is 13.8 Å². The number of methoxy groups -OCH3 is 1. The van der Waals surface area contributed by atoms with Gasteiger partial charge in [-0.05, 0) is 37.2 Å². The number of imide groups is 1. The molecule has 2 amide bonds. The summed E-state index contributed by atoms with van der Waals surface area (Å²) in [6.07, 6.45) is 0. The minimum absolute atomic E-state index is 0.318. The number of hydrogen-bond acceptors (Lipinski definition) is 5. The molecule has 4 rings (SSSR count). The van der Waals surface area contributed by atoms with E-state index in [0.29, 0.717) is 46.4 Å². The normalized spacial score (nSPS) is 17.7. The Labute approximate surface area is 187 Å². The van der Waals surface area contributed by atoms with E-state index in [1.54, 1.807) is 25.3 Å². The number of aryl methyl sites for hydroxylation is 1. The molecule has 0 spiro atoms. The van der Waals surface area contributed by atoms with E-state index in [9.17, 15) is 9.59 Å². The van der Waals surface area contributed by atoms with E-state index < -0.39 is 0 Å². The number of benzene rings is 2. The van der Waals surface area contributed by atoms with Crippen molar-refractivity contribution in [2.24, 2.45) is 0 Å². The first kappa shape index (κ1) is 21.4. The van der Waals surface area contributed by atoms with Gasteiger partial charge in [-0.15, -0.1) is 0 Å². The van der Waals surface area contributed by atoms with Crippen molar-refractivity contribution in [3.8, 4) is 5.75 Å². The van der Waals surface area contributed by atoms with E-state index in [-0.39, 0.29) is 11.8 Å². The second kappa shape index (κ2) is 8.73. The van der Waals surface area contributed by atoms with Gasteiger partial charge in [0, 0.05) is 36.8 Å². The Morgan fingerprint density at radius 3 is 2.39 bits per heavy atom. The van der Waals surface area contributed by atoms with Crippen molar-refractivity contribution in [3.63, 3.8) is 0 Å². The number of carbonyl (C=O) groups is 2. The number of rotatable bonds is 5. The van der Waals surface area contributed by atoms with Crippen molar-refractivity contribution in [1.82, 2.24) is 9.80 Å². The van der Waals surface area contributed by atoms with Crippen LogP contribution in [-0.2, 0) is 9.59 Å². The first-order valence-corrected chi connectivity index (χ1v) is 10.8. The fourth-order valence-corrected chi connectivity index (χ4v) is 4.40. The molecule has 31 heavy (non-hydrogen) atoms. The molecule has 0 unspecified atom stereocenters. The summed E-state index contributed by atoms with van der Waals surface area (Å²) in [5.41, 5.74) is 2.76. The van der Waals surface area contributed by atoms with Crippen LogP contribution in [-0.4, -0.2) is 61.4 Å². The minimum Gasteiger partial charge on any atom is -0.496 e. The fraction of sp³-hybridized carbons (Fsp3) is 0.333. The Hall–Kier alpha value is -2.83. The Morgan fingerprint density at radius 2 is 1.71 bits per heavy atom. The van der Waals surface area contributed by atoms with Gasteiger partial charge in [0.2, 0.25) is 0 Å². The molecular formula is C24H26ClN3O3. The number of para-hydroxylation sites is 1. The zero-order chi connectivity index (χ0) is 22.1. The maximum Gasteiger partial charge on any atom is 0.282 e. The Bertz CT molecular complexity index is 1060. The van der Waals surface area contributed by atoms with Crippen molar-refractivity contribution >= 4 is 34.7 Å². The van der Waals surface area contributed by atoms with Crippen LogP contribution in [0.2, 0.25) is 5.02 Å². The topological polar surface area (TPSA) is 53.1 Å². The number of amides is 2. The quantitative estimate of drug-likeness (QED) is 0.666. The molecule has 2 aromatic carbocycles. The molecule has 2 aliphatic rings. The Kier molecular flexibility index (Phi) is 6.03. The number of anilines is 1. The van der Waals surface area contributed by atoms with Crippen molar-refractivity contribution in [1.29, 1.82) is 0 Å². The molecule has 2 heterocycles. The highest BCUT2D eigenvalue weighted by molar-refractivity contribution is 6.46. The molecule has 0 N–H and O–H groups in total. The highest BCUT2D eigenvalue weighted by atomic mass is 35.5. The van der Waals surface area contributed by atoms with E-state index in [4.69, 9.17) is 16.3 Å². The first-order valence-electron chi connectivity index (χ1n) is 10.5. The maximum absolute atomic E-state index is 13.7. The molecule has 0 aliphatic carbocycles. The van der Waals surface area contributed by atoms with Crippen LogP contribution in [0, 0.1) is 6.92 Å². The van der Waals surface area contributed by atoms with Crippen LogP contribution in [0.3, 0.4) is 0 Å². The molecule has 162 valence electrons. The molecule has 6 nitrogen and oxygen atoms in total. The number of piperazine rings is 1. The van der Waals surface area contributed by atoms with Gasteiger partial charge >= 0.3 is 0 Å². The van der Waals surface area contributed by atoms with E-state index >= 15 is 0 Å². The summed E-state index contributed by atoms with van der Waals surface area (Å²) in [6.45, 7) is 8.02. The molecular weight excluding hydrogens is 414 g/mol. The van der Waals surface area contributed by atoms with Gasteiger partial charge in [-0.3, -0.25) is 9.59 Å². The third kappa shape index (κ3) is 3.82. The van der Waals surface area contributed by atoms with Crippen LogP contribution >= 0.6 is 11.6 Å². The zero-order valence-electron chi connectivity index (χ0n) is 18.0. The summed E-state index contributed by atoms with van der Waals surface area (Å²) in [5, 5.41) is 0.477. The molecule has 1 saturated heterocycles. The summed E-state index contributed by atoms with van der Waals surface area (Å²) in [5.74, 6) is -0.109. The molecule has 0 saturated carbocycles. The molecule has 1 fully saturated rings. The van der Waals surface area contributed by atoms with Gasteiger partial charge in [-0.2, -0.15) is 0 Å². The number of halogens is 1. The third-order valence-electron chi connectivity index (χ3n) is 5.98. The molecule has 2 aliphatic heterocycles. The summed E-state index contributed by atoms with van der Waals surface area (Å²) in [6, 6.07) is 12.6. The highest BCUT2D eigenvalue weighted by Crippen LogP contribution is 2.39. The second-order valence-corrected chi connectivity index (χ2v) is 8.16. The predicted octanol–water partition coefficient (Wildman–Crippen LogP) is 3.58. The van der Waals surface area contributed by atoms with Gasteiger partial charge in [0.15, 0.2) is 0 Å². The average Bonchev–Trinajstić information content (AvgIpc) is 3.05. The predicted molar refractivity (Wildman–Crippen MR) is 122 cm³/mol. The second-order valence-electron chi connectivity index (χ2n) is 7.72. The van der Waals surface area contributed by atoms with E-state index in [1.165, 1.54) is 4.90 Å². The van der Waals surface area contributed by atoms with Crippen molar-refractivity contribution < 1.29 is 14.3 Å². The van der Waals surface area contributed by atoms with Crippen molar-refractivity contribution in [2.75, 3.05) is 44.7 Å². The van der Waals surface area contributed by atoms with Crippen LogP contribution in [0.4, 0.5) is 5.69 Å². The first-order chi connectivity index (χ1) is 15.0. The molecule has 0 aromatic heterocycles. The van der Waals surface area contributed by atoms with Crippen LogP contribution in [0.1, 0.15) is 18.1 Å². The van der Waals surface area contributed by atoms with Crippen LogP contribution < -0.4 is 9.64 Å². The summed E-state index contributed by atoms with van der Waals surface area (Å²) in [4.78, 5) is 33.1. The van der Waals surface area contributed by atoms with Gasteiger partial charge in [-0.1, -0.05) is 42.8 Å². The smallest absolute Gasteiger partial charge is 0.282 e. The van der Waals surface area contributed by atoms with E-state index in [0.717, 1.165) is 25.2 Å². The largest absolute Gasteiger partial charge is 0.496 e. The van der Waals surface area contributed by atoms with Gasteiger partial charge in [0.1, 0.15) is 11.4 Å². The zero-order valence-corrected chi connectivity index (χ0v) is 18.8. The number of nitrogens with zero attached hydrogens (tertiary/aromatic N) is 3. The van der Waals surface area contributed by atoms with Gasteiger partial charge in [0.25, 0.3) is 11.8 Å². The highest BCUT2D eigenvalue weighted by Gasteiger charge is 2.44. The lowest BCUT2D eigenvalue weighted by Gasteiger charge is -2.36. The van der Waals surface area contributed by atoms with E-state index in [2.05, 4.69) is 11.8 Å².